The van der Waals surface area contributed by atoms with Crippen LogP contribution in [0.5, 0.6) is 0 Å². The molecule has 0 aromatic heterocycles. The SMILES string of the molecule is CC1CN(C)C(C)CC1NCCN. The van der Waals surface area contributed by atoms with Gasteiger partial charge < -0.3 is 16.0 Å². The number of piperidine rings is 1. The van der Waals surface area contributed by atoms with Crippen molar-refractivity contribution in [2.45, 2.75) is 32.4 Å². The minimum absolute atomic E-state index is 0.662. The van der Waals surface area contributed by atoms with Gasteiger partial charge in [-0.1, -0.05) is 6.92 Å². The smallest absolute Gasteiger partial charge is 0.0120 e. The third kappa shape index (κ3) is 2.93. The van der Waals surface area contributed by atoms with Crippen LogP contribution in [0.15, 0.2) is 0 Å². The Labute approximate surface area is 81.7 Å². The molecular weight excluding hydrogens is 162 g/mol. The van der Waals surface area contributed by atoms with Crippen LogP contribution in [-0.2, 0) is 0 Å². The van der Waals surface area contributed by atoms with Gasteiger partial charge in [-0.3, -0.25) is 0 Å². The topological polar surface area (TPSA) is 41.3 Å². The second kappa shape index (κ2) is 4.94. The molecule has 0 bridgehead atoms. The highest BCUT2D eigenvalue weighted by atomic mass is 15.2. The Morgan fingerprint density at radius 1 is 1.46 bits per heavy atom. The Morgan fingerprint density at radius 3 is 2.77 bits per heavy atom. The van der Waals surface area contributed by atoms with Crippen molar-refractivity contribution < 1.29 is 0 Å². The molecule has 0 aromatic rings. The normalized spacial score (nSPS) is 36.5. The van der Waals surface area contributed by atoms with Gasteiger partial charge in [-0.2, -0.15) is 0 Å². The average molecular weight is 185 g/mol. The maximum Gasteiger partial charge on any atom is 0.0120 e. The molecule has 0 amide bonds. The van der Waals surface area contributed by atoms with E-state index in [1.165, 1.54) is 13.0 Å². The summed E-state index contributed by atoms with van der Waals surface area (Å²) in [6, 6.07) is 1.36. The van der Waals surface area contributed by atoms with E-state index in [-0.39, 0.29) is 0 Å². The standard InChI is InChI=1S/C10H23N3/c1-8-7-13(3)9(2)6-10(8)12-5-4-11/h8-10,12H,4-7,11H2,1-3H3. The van der Waals surface area contributed by atoms with Crippen molar-refractivity contribution in [3.8, 4) is 0 Å². The molecule has 1 aliphatic rings. The van der Waals surface area contributed by atoms with Gasteiger partial charge in [0.15, 0.2) is 0 Å². The molecule has 0 aromatic carbocycles. The van der Waals surface area contributed by atoms with E-state index in [1.54, 1.807) is 0 Å². The predicted molar refractivity (Wildman–Crippen MR) is 56.7 cm³/mol. The zero-order chi connectivity index (χ0) is 9.84. The minimum Gasteiger partial charge on any atom is -0.329 e. The van der Waals surface area contributed by atoms with E-state index in [9.17, 15) is 0 Å². The van der Waals surface area contributed by atoms with Crippen LogP contribution in [0.25, 0.3) is 0 Å². The zero-order valence-electron chi connectivity index (χ0n) is 9.09. The fraction of sp³-hybridized carbons (Fsp3) is 1.00. The summed E-state index contributed by atoms with van der Waals surface area (Å²) in [6.45, 7) is 7.50. The van der Waals surface area contributed by atoms with Crippen LogP contribution in [0.2, 0.25) is 0 Å². The lowest BCUT2D eigenvalue weighted by atomic mass is 9.90. The molecule has 0 radical (unpaired) electrons. The first-order valence-corrected chi connectivity index (χ1v) is 5.28. The molecule has 1 aliphatic heterocycles. The quantitative estimate of drug-likeness (QED) is 0.663. The third-order valence-electron chi connectivity index (χ3n) is 3.16. The van der Waals surface area contributed by atoms with Crippen LogP contribution in [-0.4, -0.2) is 43.7 Å². The lowest BCUT2D eigenvalue weighted by Crippen LogP contribution is -2.51. The van der Waals surface area contributed by atoms with Crippen molar-refractivity contribution in [1.82, 2.24) is 10.2 Å². The molecule has 13 heavy (non-hydrogen) atoms. The van der Waals surface area contributed by atoms with Gasteiger partial charge in [-0.15, -0.1) is 0 Å². The Balaban J connectivity index is 2.37. The number of hydrogen-bond acceptors (Lipinski definition) is 3. The number of likely N-dealkylation sites (tertiary alicyclic amines) is 1. The highest BCUT2D eigenvalue weighted by Gasteiger charge is 2.27. The van der Waals surface area contributed by atoms with E-state index in [1.807, 2.05) is 0 Å². The Morgan fingerprint density at radius 2 is 2.15 bits per heavy atom. The molecule has 0 aliphatic carbocycles. The number of nitrogens with two attached hydrogens (primary N) is 1. The molecule has 3 unspecified atom stereocenters. The predicted octanol–water partition coefficient (Wildman–Crippen LogP) is 0.263. The molecule has 3 heteroatoms. The molecule has 3 atom stereocenters. The Hall–Kier alpha value is -0.120. The molecular formula is C10H23N3. The molecule has 1 rings (SSSR count). The van der Waals surface area contributed by atoms with Crippen molar-refractivity contribution >= 4 is 0 Å². The number of nitrogens with zero attached hydrogens (tertiary/aromatic N) is 1. The summed E-state index contributed by atoms with van der Waals surface area (Å²) in [5.74, 6) is 0.743. The maximum absolute atomic E-state index is 5.48. The summed E-state index contributed by atoms with van der Waals surface area (Å²) in [4.78, 5) is 2.44. The van der Waals surface area contributed by atoms with Gasteiger partial charge in [0.1, 0.15) is 0 Å². The zero-order valence-corrected chi connectivity index (χ0v) is 9.09. The minimum atomic E-state index is 0.662. The molecule has 0 spiro atoms. The van der Waals surface area contributed by atoms with Crippen molar-refractivity contribution in [2.24, 2.45) is 11.7 Å². The van der Waals surface area contributed by atoms with Crippen LogP contribution in [0, 0.1) is 5.92 Å². The van der Waals surface area contributed by atoms with Gasteiger partial charge >= 0.3 is 0 Å². The van der Waals surface area contributed by atoms with E-state index in [0.717, 1.165) is 19.0 Å². The summed E-state index contributed by atoms with van der Waals surface area (Å²) in [5.41, 5.74) is 5.48. The third-order valence-corrected chi connectivity index (χ3v) is 3.16. The summed E-state index contributed by atoms with van der Waals surface area (Å²) in [5, 5.41) is 3.52. The fourth-order valence-electron chi connectivity index (χ4n) is 2.09. The Kier molecular flexibility index (Phi) is 4.16. The van der Waals surface area contributed by atoms with Crippen LogP contribution in [0.1, 0.15) is 20.3 Å². The summed E-state index contributed by atoms with van der Waals surface area (Å²) < 4.78 is 0. The van der Waals surface area contributed by atoms with E-state index >= 15 is 0 Å². The first-order valence-electron chi connectivity index (χ1n) is 5.28. The average Bonchev–Trinajstić information content (AvgIpc) is 2.09. The first kappa shape index (κ1) is 11.0. The van der Waals surface area contributed by atoms with E-state index < -0.39 is 0 Å². The lowest BCUT2D eigenvalue weighted by Gasteiger charge is -2.40. The van der Waals surface area contributed by atoms with Crippen molar-refractivity contribution in [2.75, 3.05) is 26.7 Å². The van der Waals surface area contributed by atoms with Crippen LogP contribution >= 0.6 is 0 Å². The van der Waals surface area contributed by atoms with Crippen molar-refractivity contribution in [3.05, 3.63) is 0 Å². The fourth-order valence-corrected chi connectivity index (χ4v) is 2.09. The van der Waals surface area contributed by atoms with Crippen LogP contribution in [0.4, 0.5) is 0 Å². The van der Waals surface area contributed by atoms with E-state index in [2.05, 4.69) is 31.1 Å². The van der Waals surface area contributed by atoms with Crippen molar-refractivity contribution in [3.63, 3.8) is 0 Å². The van der Waals surface area contributed by atoms with E-state index in [4.69, 9.17) is 5.73 Å². The molecule has 1 heterocycles. The highest BCUT2D eigenvalue weighted by molar-refractivity contribution is 4.85. The monoisotopic (exact) mass is 185 g/mol. The summed E-state index contributed by atoms with van der Waals surface area (Å²) in [7, 11) is 2.21. The number of rotatable bonds is 3. The second-order valence-electron chi connectivity index (χ2n) is 4.35. The van der Waals surface area contributed by atoms with Crippen molar-refractivity contribution in [1.29, 1.82) is 0 Å². The molecule has 0 saturated carbocycles. The summed E-state index contributed by atoms with van der Waals surface area (Å²) >= 11 is 0. The lowest BCUT2D eigenvalue weighted by molar-refractivity contribution is 0.122. The van der Waals surface area contributed by atoms with Gasteiger partial charge in [0.25, 0.3) is 0 Å². The molecule has 1 saturated heterocycles. The Bertz CT molecular complexity index is 149. The molecule has 1 fully saturated rings. The maximum atomic E-state index is 5.48. The van der Waals surface area contributed by atoms with Gasteiger partial charge in [-0.25, -0.2) is 0 Å². The second-order valence-corrected chi connectivity index (χ2v) is 4.35. The van der Waals surface area contributed by atoms with Gasteiger partial charge in [-0.05, 0) is 26.3 Å². The first-order chi connectivity index (χ1) is 6.15. The summed E-state index contributed by atoms with van der Waals surface area (Å²) in [6.07, 6.45) is 1.25. The van der Waals surface area contributed by atoms with E-state index in [0.29, 0.717) is 12.1 Å². The highest BCUT2D eigenvalue weighted by Crippen LogP contribution is 2.20. The number of hydrogen-bond donors (Lipinski definition) is 2. The largest absolute Gasteiger partial charge is 0.329 e. The number of nitrogens with one attached hydrogen (secondary N) is 1. The molecule has 78 valence electrons. The van der Waals surface area contributed by atoms with Gasteiger partial charge in [0.05, 0.1) is 0 Å². The van der Waals surface area contributed by atoms with Gasteiger partial charge in [0, 0.05) is 31.7 Å². The van der Waals surface area contributed by atoms with Gasteiger partial charge in [0.2, 0.25) is 0 Å². The van der Waals surface area contributed by atoms with Crippen LogP contribution in [0.3, 0.4) is 0 Å². The van der Waals surface area contributed by atoms with Crippen LogP contribution < -0.4 is 11.1 Å². The molecule has 3 nitrogen and oxygen atoms in total. The molecule has 3 N–H and O–H groups in total.